The Bertz CT molecular complexity index is 238. The van der Waals surface area contributed by atoms with Crippen LogP contribution in [0.15, 0.2) is 0 Å². The van der Waals surface area contributed by atoms with E-state index in [1.807, 2.05) is 13.8 Å². The van der Waals surface area contributed by atoms with Gasteiger partial charge in [0.05, 0.1) is 6.10 Å². The average Bonchev–Trinajstić information content (AvgIpc) is 2.35. The highest BCUT2D eigenvalue weighted by atomic mass is 79.9. The summed E-state index contributed by atoms with van der Waals surface area (Å²) in [7, 11) is 0. The molecule has 0 atom stereocenters. The first-order valence-electron chi connectivity index (χ1n) is 6.52. The maximum atomic E-state index is 11.6. The number of nitrogens with one attached hydrogen (secondary N) is 1. The Hall–Kier alpha value is -0.0900. The van der Waals surface area contributed by atoms with E-state index >= 15 is 0 Å². The van der Waals surface area contributed by atoms with Crippen LogP contribution in [0.4, 0.5) is 0 Å². The van der Waals surface area contributed by atoms with Crippen molar-refractivity contribution in [1.82, 2.24) is 5.32 Å². The van der Waals surface area contributed by atoms with Gasteiger partial charge in [-0.25, -0.2) is 0 Å². The summed E-state index contributed by atoms with van der Waals surface area (Å²) in [5, 5.41) is 3.98. The molecular weight excluding hydrogens is 282 g/mol. The molecule has 0 heterocycles. The molecule has 4 heteroatoms. The van der Waals surface area contributed by atoms with E-state index in [-0.39, 0.29) is 24.0 Å². The normalized spacial score (nSPS) is 19.3. The van der Waals surface area contributed by atoms with Gasteiger partial charge in [0, 0.05) is 11.9 Å². The molecule has 0 saturated heterocycles. The molecule has 1 N–H and O–H groups in total. The molecule has 100 valence electrons. The minimum absolute atomic E-state index is 0.00426. The predicted molar refractivity (Wildman–Crippen MR) is 73.4 cm³/mol. The molecular formula is C13H24BrNO2. The minimum Gasteiger partial charge on any atom is -0.369 e. The minimum atomic E-state index is 0.00426. The fourth-order valence-electron chi connectivity index (χ4n) is 2.24. The van der Waals surface area contributed by atoms with E-state index in [1.54, 1.807) is 0 Å². The lowest BCUT2D eigenvalue weighted by Gasteiger charge is -2.35. The Morgan fingerprint density at radius 1 is 1.35 bits per heavy atom. The quantitative estimate of drug-likeness (QED) is 0.766. The SMILES string of the molecule is CC(C)OCC(=O)NCC1(CBr)CCCCC1. The van der Waals surface area contributed by atoms with Crippen LogP contribution >= 0.6 is 15.9 Å². The smallest absolute Gasteiger partial charge is 0.246 e. The van der Waals surface area contributed by atoms with Crippen LogP contribution in [0.3, 0.4) is 0 Å². The van der Waals surface area contributed by atoms with Crippen molar-refractivity contribution in [3.63, 3.8) is 0 Å². The topological polar surface area (TPSA) is 38.3 Å². The predicted octanol–water partition coefficient (Wildman–Crippen LogP) is 2.87. The fraction of sp³-hybridized carbons (Fsp3) is 0.923. The lowest BCUT2D eigenvalue weighted by molar-refractivity contribution is -0.127. The molecule has 0 aromatic rings. The maximum absolute atomic E-state index is 11.6. The number of amides is 1. The number of halogens is 1. The number of hydrogen-bond acceptors (Lipinski definition) is 2. The molecule has 0 aromatic carbocycles. The number of carbonyl (C=O) groups excluding carboxylic acids is 1. The Balaban J connectivity index is 2.29. The van der Waals surface area contributed by atoms with Gasteiger partial charge in [0.2, 0.25) is 5.91 Å². The molecule has 0 bridgehead atoms. The van der Waals surface area contributed by atoms with Crippen molar-refractivity contribution in [2.24, 2.45) is 5.41 Å². The van der Waals surface area contributed by atoms with E-state index in [4.69, 9.17) is 4.74 Å². The molecule has 0 radical (unpaired) electrons. The molecule has 3 nitrogen and oxygen atoms in total. The van der Waals surface area contributed by atoms with Gasteiger partial charge in [-0.2, -0.15) is 0 Å². The first-order valence-corrected chi connectivity index (χ1v) is 7.64. The summed E-state index contributed by atoms with van der Waals surface area (Å²) in [6, 6.07) is 0. The second kappa shape index (κ2) is 7.37. The van der Waals surface area contributed by atoms with Gasteiger partial charge in [-0.1, -0.05) is 35.2 Å². The third kappa shape index (κ3) is 5.38. The second-order valence-electron chi connectivity index (χ2n) is 5.33. The summed E-state index contributed by atoms with van der Waals surface area (Å²) in [5.74, 6) is 0.00426. The highest BCUT2D eigenvalue weighted by Crippen LogP contribution is 2.37. The summed E-state index contributed by atoms with van der Waals surface area (Å²) >= 11 is 3.60. The molecule has 1 saturated carbocycles. The third-order valence-corrected chi connectivity index (χ3v) is 4.60. The van der Waals surface area contributed by atoms with Gasteiger partial charge < -0.3 is 10.1 Å². The van der Waals surface area contributed by atoms with E-state index in [0.717, 1.165) is 11.9 Å². The number of hydrogen-bond donors (Lipinski definition) is 1. The first kappa shape index (κ1) is 15.0. The molecule has 0 unspecified atom stereocenters. The van der Waals surface area contributed by atoms with Gasteiger partial charge in [-0.3, -0.25) is 4.79 Å². The van der Waals surface area contributed by atoms with Crippen molar-refractivity contribution in [3.8, 4) is 0 Å². The molecule has 1 amide bonds. The molecule has 0 aliphatic heterocycles. The van der Waals surface area contributed by atoms with Crippen molar-refractivity contribution < 1.29 is 9.53 Å². The van der Waals surface area contributed by atoms with Crippen molar-refractivity contribution in [3.05, 3.63) is 0 Å². The van der Waals surface area contributed by atoms with Gasteiger partial charge in [0.25, 0.3) is 0 Å². The summed E-state index contributed by atoms with van der Waals surface area (Å²) in [5.41, 5.74) is 0.270. The Labute approximate surface area is 113 Å². The fourth-order valence-corrected chi connectivity index (χ4v) is 3.00. The van der Waals surface area contributed by atoms with Gasteiger partial charge in [-0.15, -0.1) is 0 Å². The monoisotopic (exact) mass is 305 g/mol. The van der Waals surface area contributed by atoms with Gasteiger partial charge >= 0.3 is 0 Å². The molecule has 1 fully saturated rings. The van der Waals surface area contributed by atoms with Crippen LogP contribution in [0, 0.1) is 5.41 Å². The molecule has 17 heavy (non-hydrogen) atoms. The van der Waals surface area contributed by atoms with E-state index < -0.39 is 0 Å². The number of rotatable bonds is 6. The summed E-state index contributed by atoms with van der Waals surface area (Å²) < 4.78 is 5.29. The van der Waals surface area contributed by atoms with Crippen LogP contribution in [0.25, 0.3) is 0 Å². The molecule has 0 spiro atoms. The zero-order valence-electron chi connectivity index (χ0n) is 10.9. The Morgan fingerprint density at radius 2 is 2.00 bits per heavy atom. The lowest BCUT2D eigenvalue weighted by Crippen LogP contribution is -2.41. The van der Waals surface area contributed by atoms with E-state index in [0.29, 0.717) is 0 Å². The summed E-state index contributed by atoms with van der Waals surface area (Å²) in [6.07, 6.45) is 6.43. The van der Waals surface area contributed by atoms with Gasteiger partial charge in [0.1, 0.15) is 6.61 Å². The van der Waals surface area contributed by atoms with Crippen LogP contribution in [-0.4, -0.2) is 30.5 Å². The lowest BCUT2D eigenvalue weighted by atomic mass is 9.75. The number of carbonyl (C=O) groups is 1. The molecule has 0 aromatic heterocycles. The largest absolute Gasteiger partial charge is 0.369 e. The average molecular weight is 306 g/mol. The van der Waals surface area contributed by atoms with Gasteiger partial charge in [0.15, 0.2) is 0 Å². The van der Waals surface area contributed by atoms with Crippen LogP contribution in [-0.2, 0) is 9.53 Å². The molecule has 1 aliphatic rings. The second-order valence-corrected chi connectivity index (χ2v) is 5.89. The zero-order valence-corrected chi connectivity index (χ0v) is 12.5. The zero-order chi connectivity index (χ0) is 12.7. The highest BCUT2D eigenvalue weighted by Gasteiger charge is 2.31. The maximum Gasteiger partial charge on any atom is 0.246 e. The van der Waals surface area contributed by atoms with Crippen LogP contribution in [0.1, 0.15) is 46.0 Å². The third-order valence-electron chi connectivity index (χ3n) is 3.41. The summed E-state index contributed by atoms with van der Waals surface area (Å²) in [6.45, 7) is 4.83. The highest BCUT2D eigenvalue weighted by molar-refractivity contribution is 9.09. The van der Waals surface area contributed by atoms with Gasteiger partial charge in [-0.05, 0) is 32.1 Å². The van der Waals surface area contributed by atoms with Crippen LogP contribution < -0.4 is 5.32 Å². The first-order chi connectivity index (χ1) is 8.08. The number of ether oxygens (including phenoxy) is 1. The summed E-state index contributed by atoms with van der Waals surface area (Å²) in [4.78, 5) is 11.6. The van der Waals surface area contributed by atoms with E-state index in [1.165, 1.54) is 32.1 Å². The van der Waals surface area contributed by atoms with Crippen molar-refractivity contribution in [2.45, 2.75) is 52.1 Å². The molecule has 1 aliphatic carbocycles. The Morgan fingerprint density at radius 3 is 2.53 bits per heavy atom. The standard InChI is InChI=1S/C13H24BrNO2/c1-11(2)17-8-12(16)15-10-13(9-14)6-4-3-5-7-13/h11H,3-10H2,1-2H3,(H,15,16). The van der Waals surface area contributed by atoms with Crippen molar-refractivity contribution in [2.75, 3.05) is 18.5 Å². The number of alkyl halides is 1. The van der Waals surface area contributed by atoms with Crippen LogP contribution in [0.5, 0.6) is 0 Å². The molecule has 1 rings (SSSR count). The van der Waals surface area contributed by atoms with E-state index in [9.17, 15) is 4.79 Å². The Kier molecular flexibility index (Phi) is 6.49. The van der Waals surface area contributed by atoms with Crippen LogP contribution in [0.2, 0.25) is 0 Å². The van der Waals surface area contributed by atoms with E-state index in [2.05, 4.69) is 21.2 Å². The van der Waals surface area contributed by atoms with Crippen molar-refractivity contribution in [1.29, 1.82) is 0 Å². The van der Waals surface area contributed by atoms with Crippen molar-refractivity contribution >= 4 is 21.8 Å².